The Morgan fingerprint density at radius 3 is 2.07 bits per heavy atom. The molecule has 1 rings (SSSR count). The van der Waals surface area contributed by atoms with Crippen LogP contribution in [0.1, 0.15) is 25.7 Å². The molecule has 9 heteroatoms. The molecule has 90 valence electrons. The van der Waals surface area contributed by atoms with E-state index >= 15 is 0 Å². The third kappa shape index (κ3) is 2.78. The molecule has 1 heterocycles. The van der Waals surface area contributed by atoms with Crippen LogP contribution in [0.15, 0.2) is 0 Å². The minimum Gasteiger partial charge on any atom is -0.332 e. The highest BCUT2D eigenvalue weighted by molar-refractivity contribution is 8.00. The lowest BCUT2D eigenvalue weighted by Crippen LogP contribution is -2.41. The minimum absolute atomic E-state index is 0.0293. The summed E-state index contributed by atoms with van der Waals surface area (Å²) in [6.45, 7) is -8.26. The molecular weight excluding hydrogens is 283 g/mol. The lowest BCUT2D eigenvalue weighted by molar-refractivity contribution is 0.403. The van der Waals surface area contributed by atoms with Gasteiger partial charge in [-0.3, -0.25) is 14.4 Å². The quantitative estimate of drug-likeness (QED) is 0.682. The first kappa shape index (κ1) is 14.0. The Labute approximate surface area is 97.6 Å². The summed E-state index contributed by atoms with van der Waals surface area (Å²) < 4.78 is 23.1. The molecule has 3 N–H and O–H groups in total. The molecule has 0 saturated carbocycles. The summed E-state index contributed by atoms with van der Waals surface area (Å²) in [5.41, 5.74) is 0. The van der Waals surface area contributed by atoms with Crippen molar-refractivity contribution in [2.24, 2.45) is 0 Å². The molecule has 1 aliphatic rings. The average Bonchev–Trinajstić information content (AvgIpc) is 2.25. The van der Waals surface area contributed by atoms with Crippen molar-refractivity contribution in [2.75, 3.05) is 6.54 Å². The van der Waals surface area contributed by atoms with E-state index in [1.54, 1.807) is 0 Å². The summed E-state index contributed by atoms with van der Waals surface area (Å²) in [6.07, 6.45) is 2.14. The average molecular weight is 296 g/mol. The van der Waals surface area contributed by atoms with Crippen molar-refractivity contribution in [3.8, 4) is 0 Å². The Morgan fingerprint density at radius 2 is 1.60 bits per heavy atom. The minimum atomic E-state index is -4.31. The maximum Gasteiger partial charge on any atom is 0.318 e. The van der Waals surface area contributed by atoms with Gasteiger partial charge in [-0.1, -0.05) is 12.8 Å². The Hall–Kier alpha value is 0.920. The van der Waals surface area contributed by atoms with Crippen LogP contribution in [0.5, 0.6) is 0 Å². The molecule has 0 aromatic heterocycles. The zero-order valence-corrected chi connectivity index (χ0v) is 11.2. The third-order valence-electron chi connectivity index (χ3n) is 2.52. The second-order valence-corrected chi connectivity index (χ2v) is 10.2. The largest absolute Gasteiger partial charge is 0.332 e. The van der Waals surface area contributed by atoms with Crippen LogP contribution in [0.3, 0.4) is 0 Å². The van der Waals surface area contributed by atoms with Crippen LogP contribution in [-0.2, 0) is 9.13 Å². The van der Waals surface area contributed by atoms with Crippen LogP contribution in [0.25, 0.3) is 0 Å². The molecule has 0 spiro atoms. The lowest BCUT2D eigenvalue weighted by atomic mass is 10.2. The van der Waals surface area contributed by atoms with E-state index in [1.807, 2.05) is 0 Å². The van der Waals surface area contributed by atoms with Gasteiger partial charge in [0.2, 0.25) is 5.02 Å². The topological polar surface area (TPSA) is 86.6 Å². The van der Waals surface area contributed by atoms with Gasteiger partial charge in [0.25, 0.3) is 0 Å². The fourth-order valence-corrected chi connectivity index (χ4v) is 7.43. The Balaban J connectivity index is 3.17. The number of halogens is 2. The Kier molecular flexibility index (Phi) is 4.34. The molecular formula is C6H13Cl2NO4P2. The summed E-state index contributed by atoms with van der Waals surface area (Å²) in [5, 5.41) is 0.626. The Bertz CT molecular complexity index is 293. The van der Waals surface area contributed by atoms with Crippen molar-refractivity contribution in [1.29, 1.82) is 0 Å². The number of nitrogens with one attached hydrogen (secondary N) is 1. The molecule has 0 aromatic rings. The predicted molar refractivity (Wildman–Crippen MR) is 60.6 cm³/mol. The molecule has 2 atom stereocenters. The highest BCUT2D eigenvalue weighted by Crippen LogP contribution is 2.77. The van der Waals surface area contributed by atoms with E-state index in [4.69, 9.17) is 22.5 Å². The van der Waals surface area contributed by atoms with Crippen LogP contribution in [0.2, 0.25) is 0 Å². The van der Waals surface area contributed by atoms with Gasteiger partial charge in [0.1, 0.15) is 0 Å². The molecule has 1 saturated heterocycles. The molecule has 0 amide bonds. The van der Waals surface area contributed by atoms with Crippen molar-refractivity contribution in [3.05, 3.63) is 0 Å². The molecule has 0 bridgehead atoms. The maximum absolute atomic E-state index is 11.5. The van der Waals surface area contributed by atoms with Crippen molar-refractivity contribution in [3.63, 3.8) is 0 Å². The second kappa shape index (κ2) is 4.66. The first-order valence-corrected chi connectivity index (χ1v) is 9.64. The fraction of sp³-hybridized carbons (Fsp3) is 1.00. The molecule has 15 heavy (non-hydrogen) atoms. The molecule has 1 aliphatic heterocycles. The smallest absolute Gasteiger partial charge is 0.318 e. The zero-order chi connectivity index (χ0) is 11.7. The standard InChI is InChI=1S/C6H13Cl2NO4P2/c7-14(10,11)6(15(8,12)13)4-2-1-3-5-9-6/h9H,1-5H2,(H,10,11)(H,12,13). The van der Waals surface area contributed by atoms with Crippen molar-refractivity contribution >= 4 is 35.9 Å². The van der Waals surface area contributed by atoms with Crippen LogP contribution in [-0.4, -0.2) is 21.4 Å². The van der Waals surface area contributed by atoms with E-state index < -0.39 is 18.5 Å². The van der Waals surface area contributed by atoms with Gasteiger partial charge in [-0.2, -0.15) is 0 Å². The van der Waals surface area contributed by atoms with Crippen molar-refractivity contribution in [1.82, 2.24) is 5.32 Å². The normalized spacial score (nSPS) is 36.3. The van der Waals surface area contributed by atoms with Crippen LogP contribution < -0.4 is 5.32 Å². The summed E-state index contributed by atoms with van der Waals surface area (Å²) in [6, 6.07) is 0. The van der Waals surface area contributed by atoms with Gasteiger partial charge in [-0.05, 0) is 41.9 Å². The molecule has 0 radical (unpaired) electrons. The van der Waals surface area contributed by atoms with E-state index in [9.17, 15) is 18.9 Å². The van der Waals surface area contributed by atoms with Gasteiger partial charge in [0.15, 0.2) is 0 Å². The summed E-state index contributed by atoms with van der Waals surface area (Å²) in [7, 11) is 0. The molecule has 5 nitrogen and oxygen atoms in total. The summed E-state index contributed by atoms with van der Waals surface area (Å²) in [5.74, 6) is 0. The van der Waals surface area contributed by atoms with Gasteiger partial charge < -0.3 is 9.79 Å². The van der Waals surface area contributed by atoms with Crippen molar-refractivity contribution in [2.45, 2.75) is 30.7 Å². The molecule has 0 aromatic carbocycles. The monoisotopic (exact) mass is 295 g/mol. The van der Waals surface area contributed by atoms with E-state index in [2.05, 4.69) is 5.32 Å². The van der Waals surface area contributed by atoms with Gasteiger partial charge >= 0.3 is 13.4 Å². The molecule has 0 aliphatic carbocycles. The fourth-order valence-electron chi connectivity index (χ4n) is 1.67. The van der Waals surface area contributed by atoms with Crippen LogP contribution in [0.4, 0.5) is 0 Å². The van der Waals surface area contributed by atoms with Gasteiger partial charge in [-0.15, -0.1) is 0 Å². The number of hydrogen-bond acceptors (Lipinski definition) is 3. The van der Waals surface area contributed by atoms with Gasteiger partial charge in [0.05, 0.1) is 0 Å². The summed E-state index contributed by atoms with van der Waals surface area (Å²) in [4.78, 5) is 18.8. The highest BCUT2D eigenvalue weighted by Gasteiger charge is 2.58. The second-order valence-electron chi connectivity index (χ2n) is 3.56. The van der Waals surface area contributed by atoms with Crippen LogP contribution in [0, 0.1) is 0 Å². The van der Waals surface area contributed by atoms with E-state index in [0.29, 0.717) is 13.0 Å². The predicted octanol–water partition coefficient (Wildman–Crippen LogP) is 2.65. The van der Waals surface area contributed by atoms with E-state index in [0.717, 1.165) is 12.8 Å². The van der Waals surface area contributed by atoms with E-state index in [1.165, 1.54) is 0 Å². The van der Waals surface area contributed by atoms with Crippen LogP contribution >= 0.6 is 35.9 Å². The first-order chi connectivity index (χ1) is 6.71. The SMILES string of the molecule is O=P(O)(Cl)C1(P(=O)(O)Cl)CCCCCN1. The third-order valence-corrected chi connectivity index (χ3v) is 9.18. The van der Waals surface area contributed by atoms with Gasteiger partial charge in [-0.25, -0.2) is 0 Å². The van der Waals surface area contributed by atoms with Gasteiger partial charge in [0, 0.05) is 0 Å². The molecule has 2 unspecified atom stereocenters. The molecule has 1 fully saturated rings. The highest BCUT2D eigenvalue weighted by atomic mass is 35.7. The Morgan fingerprint density at radius 1 is 1.07 bits per heavy atom. The van der Waals surface area contributed by atoms with E-state index in [-0.39, 0.29) is 6.42 Å². The number of hydrogen-bond donors (Lipinski definition) is 3. The maximum atomic E-state index is 11.5. The van der Waals surface area contributed by atoms with Crippen molar-refractivity contribution < 1.29 is 18.9 Å². The lowest BCUT2D eigenvalue weighted by Gasteiger charge is -2.34. The zero-order valence-electron chi connectivity index (χ0n) is 7.90. The number of rotatable bonds is 2. The first-order valence-electron chi connectivity index (χ1n) is 4.51. The summed E-state index contributed by atoms with van der Waals surface area (Å²) >= 11 is 10.7.